The molecule has 110 valence electrons. The molecule has 1 amide bonds. The quantitative estimate of drug-likeness (QED) is 0.657. The normalized spacial score (nSPS) is 11.8. The Morgan fingerprint density at radius 2 is 1.85 bits per heavy atom. The van der Waals surface area contributed by atoms with Gasteiger partial charge in [0, 0.05) is 6.04 Å². The number of benzene rings is 1. The molecule has 0 heterocycles. The zero-order chi connectivity index (χ0) is 15.3. The van der Waals surface area contributed by atoms with Crippen LogP contribution in [0.3, 0.4) is 0 Å². The van der Waals surface area contributed by atoms with Crippen LogP contribution in [0.15, 0.2) is 12.1 Å². The Hall–Kier alpha value is -0.970. The minimum atomic E-state index is -0.790. The van der Waals surface area contributed by atoms with Crippen molar-refractivity contribution in [2.75, 3.05) is 6.61 Å². The van der Waals surface area contributed by atoms with Gasteiger partial charge in [0.1, 0.15) is 0 Å². The number of halogens is 3. The van der Waals surface area contributed by atoms with E-state index in [0.717, 1.165) is 6.42 Å². The van der Waals surface area contributed by atoms with E-state index in [-0.39, 0.29) is 32.6 Å². The summed E-state index contributed by atoms with van der Waals surface area (Å²) in [7, 11) is 0. The van der Waals surface area contributed by atoms with Gasteiger partial charge in [-0.15, -0.1) is 0 Å². The molecular weight excluding hydrogens is 325 g/mol. The Labute approximate surface area is 132 Å². The highest BCUT2D eigenvalue weighted by Gasteiger charge is 2.19. The summed E-state index contributed by atoms with van der Waals surface area (Å²) in [5.74, 6) is -1.18. The second-order valence-electron chi connectivity index (χ2n) is 4.17. The van der Waals surface area contributed by atoms with Crippen molar-refractivity contribution in [2.24, 2.45) is 0 Å². The summed E-state index contributed by atoms with van der Waals surface area (Å²) in [6.07, 6.45) is 0.783. The van der Waals surface area contributed by atoms with E-state index in [0.29, 0.717) is 0 Å². The highest BCUT2D eigenvalue weighted by Crippen LogP contribution is 2.31. The van der Waals surface area contributed by atoms with Crippen molar-refractivity contribution in [1.29, 1.82) is 0 Å². The van der Waals surface area contributed by atoms with Gasteiger partial charge in [-0.05, 0) is 25.5 Å². The molecule has 0 aliphatic rings. The van der Waals surface area contributed by atoms with Gasteiger partial charge in [0.2, 0.25) is 0 Å². The number of nitrogens with one attached hydrogen (secondary N) is 1. The van der Waals surface area contributed by atoms with Gasteiger partial charge in [0.25, 0.3) is 5.91 Å². The molecule has 4 nitrogen and oxygen atoms in total. The lowest BCUT2D eigenvalue weighted by molar-refractivity contribution is -0.124. The highest BCUT2D eigenvalue weighted by molar-refractivity contribution is 6.46. The first-order valence-electron chi connectivity index (χ1n) is 5.96. The standard InChI is InChI=1S/C13H14Cl3NO3/c1-3-7(2)17-10(18)6-20-13(19)11-8(14)4-5-9(15)12(11)16/h4-5,7H,3,6H2,1-2H3,(H,17,18)/t7-/m1/s1. The first kappa shape index (κ1) is 17.1. The summed E-state index contributed by atoms with van der Waals surface area (Å²) in [6.45, 7) is 3.38. The van der Waals surface area contributed by atoms with E-state index < -0.39 is 12.6 Å². The Kier molecular flexibility index (Phi) is 6.59. The van der Waals surface area contributed by atoms with E-state index in [4.69, 9.17) is 39.5 Å². The second kappa shape index (κ2) is 7.72. The summed E-state index contributed by atoms with van der Waals surface area (Å²) < 4.78 is 4.87. The molecule has 0 spiro atoms. The molecule has 0 saturated carbocycles. The van der Waals surface area contributed by atoms with E-state index in [1.807, 2.05) is 13.8 Å². The van der Waals surface area contributed by atoms with Crippen molar-refractivity contribution in [3.05, 3.63) is 32.8 Å². The fraction of sp³-hybridized carbons (Fsp3) is 0.385. The zero-order valence-corrected chi connectivity index (χ0v) is 13.3. The molecule has 1 rings (SSSR count). The van der Waals surface area contributed by atoms with Crippen LogP contribution in [0.1, 0.15) is 30.6 Å². The van der Waals surface area contributed by atoms with E-state index in [1.165, 1.54) is 12.1 Å². The average molecular weight is 339 g/mol. The third-order valence-corrected chi connectivity index (χ3v) is 3.72. The topological polar surface area (TPSA) is 55.4 Å². The molecule has 0 radical (unpaired) electrons. The van der Waals surface area contributed by atoms with Crippen LogP contribution >= 0.6 is 34.8 Å². The van der Waals surface area contributed by atoms with E-state index in [1.54, 1.807) is 0 Å². The highest BCUT2D eigenvalue weighted by atomic mass is 35.5. The summed E-state index contributed by atoms with van der Waals surface area (Å²) in [4.78, 5) is 23.4. The van der Waals surface area contributed by atoms with E-state index >= 15 is 0 Å². The predicted molar refractivity (Wildman–Crippen MR) is 79.7 cm³/mol. The van der Waals surface area contributed by atoms with Gasteiger partial charge in [-0.25, -0.2) is 4.79 Å². The fourth-order valence-electron chi connectivity index (χ4n) is 1.34. The average Bonchev–Trinajstić information content (AvgIpc) is 2.41. The number of carbonyl (C=O) groups excluding carboxylic acids is 2. The van der Waals surface area contributed by atoms with Crippen LogP contribution in [-0.2, 0) is 9.53 Å². The molecule has 7 heteroatoms. The van der Waals surface area contributed by atoms with Gasteiger partial charge >= 0.3 is 5.97 Å². The Bertz CT molecular complexity index is 520. The molecule has 0 saturated heterocycles. The molecule has 1 aromatic rings. The number of rotatable bonds is 5. The van der Waals surface area contributed by atoms with Gasteiger partial charge in [0.15, 0.2) is 6.61 Å². The summed E-state index contributed by atoms with van der Waals surface area (Å²) in [5, 5.41) is 2.98. The van der Waals surface area contributed by atoms with Crippen molar-refractivity contribution in [2.45, 2.75) is 26.3 Å². The van der Waals surface area contributed by atoms with Gasteiger partial charge < -0.3 is 10.1 Å². The van der Waals surface area contributed by atoms with Gasteiger partial charge in [0.05, 0.1) is 20.6 Å². The largest absolute Gasteiger partial charge is 0.452 e. The number of ether oxygens (including phenoxy) is 1. The lowest BCUT2D eigenvalue weighted by atomic mass is 10.2. The van der Waals surface area contributed by atoms with E-state index in [9.17, 15) is 9.59 Å². The lowest BCUT2D eigenvalue weighted by Gasteiger charge is -2.12. The SMILES string of the molecule is CC[C@@H](C)NC(=O)COC(=O)c1c(Cl)ccc(Cl)c1Cl. The third-order valence-electron chi connectivity index (χ3n) is 2.60. The van der Waals surface area contributed by atoms with Crippen molar-refractivity contribution >= 4 is 46.7 Å². The van der Waals surface area contributed by atoms with Crippen LogP contribution in [0.5, 0.6) is 0 Å². The van der Waals surface area contributed by atoms with Crippen LogP contribution in [0.25, 0.3) is 0 Å². The minimum Gasteiger partial charge on any atom is -0.452 e. The Balaban J connectivity index is 2.69. The molecule has 0 fully saturated rings. The summed E-state index contributed by atoms with van der Waals surface area (Å²) in [6, 6.07) is 2.92. The molecular formula is C13H14Cl3NO3. The predicted octanol–water partition coefficient (Wildman–Crippen LogP) is 3.72. The number of hydrogen-bond acceptors (Lipinski definition) is 3. The maximum Gasteiger partial charge on any atom is 0.341 e. The van der Waals surface area contributed by atoms with Crippen LogP contribution < -0.4 is 5.32 Å². The molecule has 20 heavy (non-hydrogen) atoms. The number of hydrogen-bond donors (Lipinski definition) is 1. The molecule has 0 aliphatic heterocycles. The number of esters is 1. The number of carbonyl (C=O) groups is 2. The molecule has 1 atom stereocenters. The smallest absolute Gasteiger partial charge is 0.341 e. The van der Waals surface area contributed by atoms with Crippen LogP contribution in [-0.4, -0.2) is 24.5 Å². The molecule has 0 bridgehead atoms. The summed E-state index contributed by atoms with van der Waals surface area (Å²) in [5.41, 5.74) is -0.0443. The zero-order valence-electron chi connectivity index (χ0n) is 11.0. The Morgan fingerprint density at radius 1 is 1.25 bits per heavy atom. The first-order chi connectivity index (χ1) is 9.36. The molecule has 0 aromatic heterocycles. The van der Waals surface area contributed by atoms with E-state index in [2.05, 4.69) is 5.32 Å². The van der Waals surface area contributed by atoms with Crippen molar-refractivity contribution in [1.82, 2.24) is 5.32 Å². The summed E-state index contributed by atoms with van der Waals surface area (Å²) >= 11 is 17.6. The molecule has 1 aromatic carbocycles. The monoisotopic (exact) mass is 337 g/mol. The second-order valence-corrected chi connectivity index (χ2v) is 5.36. The van der Waals surface area contributed by atoms with Gasteiger partial charge in [-0.1, -0.05) is 41.7 Å². The van der Waals surface area contributed by atoms with Crippen molar-refractivity contribution in [3.63, 3.8) is 0 Å². The first-order valence-corrected chi connectivity index (χ1v) is 7.10. The van der Waals surface area contributed by atoms with Crippen molar-refractivity contribution in [3.8, 4) is 0 Å². The Morgan fingerprint density at radius 3 is 2.45 bits per heavy atom. The van der Waals surface area contributed by atoms with Crippen LogP contribution in [0, 0.1) is 0 Å². The maximum absolute atomic E-state index is 11.9. The maximum atomic E-state index is 11.9. The molecule has 1 N–H and O–H groups in total. The van der Waals surface area contributed by atoms with Crippen molar-refractivity contribution < 1.29 is 14.3 Å². The lowest BCUT2D eigenvalue weighted by Crippen LogP contribution is -2.35. The van der Waals surface area contributed by atoms with Crippen LogP contribution in [0.2, 0.25) is 15.1 Å². The molecule has 0 aliphatic carbocycles. The fourth-order valence-corrected chi connectivity index (χ4v) is 2.02. The van der Waals surface area contributed by atoms with Gasteiger partial charge in [-0.2, -0.15) is 0 Å². The third kappa shape index (κ3) is 4.54. The molecule has 0 unspecified atom stereocenters. The number of amides is 1. The van der Waals surface area contributed by atoms with Crippen LogP contribution in [0.4, 0.5) is 0 Å². The van der Waals surface area contributed by atoms with Gasteiger partial charge in [-0.3, -0.25) is 4.79 Å². The minimum absolute atomic E-state index is 0.00602.